The van der Waals surface area contributed by atoms with Crippen LogP contribution in [0, 0.1) is 0 Å². The molecular weight excluding hydrogens is 434 g/mol. The molecule has 7 nitrogen and oxygen atoms in total. The molecule has 3 rings (SSSR count). The van der Waals surface area contributed by atoms with Gasteiger partial charge in [0.15, 0.2) is 0 Å². The number of hydrogen-bond donors (Lipinski definition) is 1. The first kappa shape index (κ1) is 23.3. The van der Waals surface area contributed by atoms with Crippen molar-refractivity contribution in [2.45, 2.75) is 32.7 Å². The second-order valence-electron chi connectivity index (χ2n) is 7.36. The number of halogens is 1. The summed E-state index contributed by atoms with van der Waals surface area (Å²) < 4.78 is 10.3. The third-order valence-corrected chi connectivity index (χ3v) is 5.45. The molecule has 1 N–H and O–H groups in total. The van der Waals surface area contributed by atoms with Crippen molar-refractivity contribution >= 4 is 35.0 Å². The number of nitrogens with zero attached hydrogens (tertiary/aromatic N) is 1. The molecule has 1 saturated heterocycles. The first-order chi connectivity index (χ1) is 15.3. The number of aliphatic hydroxyl groups excluding tert-OH is 1. The minimum Gasteiger partial charge on any atom is -0.507 e. The normalized spacial score (nSPS) is 17.5. The standard InChI is InChI=1S/C24H24ClNO6/c1-4-5-11-26-21(15-7-6-8-17(12-15)32-14(2)27)20(23(29)24(26)30)22(28)16-9-10-19(31-3)18(25)13-16/h6-10,12-13,21,28H,4-5,11H2,1-3H3/b22-20+. The zero-order valence-electron chi connectivity index (χ0n) is 18.1. The third kappa shape index (κ3) is 4.62. The van der Waals surface area contributed by atoms with Gasteiger partial charge in [-0.3, -0.25) is 14.4 Å². The number of amides is 1. The molecule has 0 radical (unpaired) electrons. The molecule has 1 unspecified atom stereocenters. The van der Waals surface area contributed by atoms with Crippen molar-refractivity contribution in [2.75, 3.05) is 13.7 Å². The average molecular weight is 458 g/mol. The van der Waals surface area contributed by atoms with Crippen LogP contribution >= 0.6 is 11.6 Å². The van der Waals surface area contributed by atoms with E-state index in [0.29, 0.717) is 24.3 Å². The van der Waals surface area contributed by atoms with Crippen LogP contribution in [0.3, 0.4) is 0 Å². The van der Waals surface area contributed by atoms with Crippen LogP contribution < -0.4 is 9.47 Å². The van der Waals surface area contributed by atoms with Crippen LogP contribution in [-0.4, -0.2) is 41.3 Å². The van der Waals surface area contributed by atoms with Gasteiger partial charge in [0, 0.05) is 19.0 Å². The zero-order valence-corrected chi connectivity index (χ0v) is 18.8. The Hall–Kier alpha value is -3.32. The summed E-state index contributed by atoms with van der Waals surface area (Å²) in [6, 6.07) is 10.3. The number of carbonyl (C=O) groups is 3. The number of hydrogen-bond acceptors (Lipinski definition) is 6. The highest BCUT2D eigenvalue weighted by Crippen LogP contribution is 2.41. The Labute approximate surface area is 191 Å². The number of carbonyl (C=O) groups excluding carboxylic acids is 3. The summed E-state index contributed by atoms with van der Waals surface area (Å²) in [4.78, 5) is 38.7. The second kappa shape index (κ2) is 9.87. The minimum absolute atomic E-state index is 0.0488. The third-order valence-electron chi connectivity index (χ3n) is 5.15. The Morgan fingerprint density at radius 3 is 2.56 bits per heavy atom. The van der Waals surface area contributed by atoms with E-state index in [0.717, 1.165) is 6.42 Å². The molecule has 0 spiro atoms. The highest BCUT2D eigenvalue weighted by Gasteiger charge is 2.45. The van der Waals surface area contributed by atoms with E-state index in [1.165, 1.54) is 25.0 Å². The number of methoxy groups -OCH3 is 1. The van der Waals surface area contributed by atoms with Gasteiger partial charge in [-0.15, -0.1) is 0 Å². The van der Waals surface area contributed by atoms with Crippen LogP contribution in [0.15, 0.2) is 48.0 Å². The van der Waals surface area contributed by atoms with E-state index >= 15 is 0 Å². The number of unbranched alkanes of at least 4 members (excludes halogenated alkanes) is 1. The molecule has 1 aliphatic rings. The molecule has 0 aromatic heterocycles. The lowest BCUT2D eigenvalue weighted by atomic mass is 9.95. The van der Waals surface area contributed by atoms with Gasteiger partial charge < -0.3 is 19.5 Å². The summed E-state index contributed by atoms with van der Waals surface area (Å²) in [6.45, 7) is 3.60. The number of esters is 1. The maximum atomic E-state index is 13.0. The molecule has 0 bridgehead atoms. The lowest BCUT2D eigenvalue weighted by Gasteiger charge is -2.25. The Morgan fingerprint density at radius 2 is 1.94 bits per heavy atom. The topological polar surface area (TPSA) is 93.1 Å². The number of rotatable bonds is 7. The van der Waals surface area contributed by atoms with Crippen LogP contribution in [0.5, 0.6) is 11.5 Å². The second-order valence-corrected chi connectivity index (χ2v) is 7.77. The average Bonchev–Trinajstić information content (AvgIpc) is 3.01. The number of ketones is 1. The van der Waals surface area contributed by atoms with Crippen LogP contribution in [0.4, 0.5) is 0 Å². The van der Waals surface area contributed by atoms with Gasteiger partial charge in [0.05, 0.1) is 23.7 Å². The van der Waals surface area contributed by atoms with E-state index in [4.69, 9.17) is 21.1 Å². The molecular formula is C24H24ClNO6. The van der Waals surface area contributed by atoms with Crippen molar-refractivity contribution in [3.05, 3.63) is 64.2 Å². The quantitative estimate of drug-likeness (QED) is 0.216. The Bertz CT molecular complexity index is 1090. The first-order valence-corrected chi connectivity index (χ1v) is 10.6. The summed E-state index contributed by atoms with van der Waals surface area (Å²) >= 11 is 6.20. The summed E-state index contributed by atoms with van der Waals surface area (Å²) in [6.07, 6.45) is 1.50. The molecule has 8 heteroatoms. The van der Waals surface area contributed by atoms with Crippen molar-refractivity contribution < 1.29 is 29.0 Å². The Kier molecular flexibility index (Phi) is 7.20. The van der Waals surface area contributed by atoms with Crippen LogP contribution in [0.2, 0.25) is 5.02 Å². The van der Waals surface area contributed by atoms with E-state index < -0.39 is 23.7 Å². The summed E-state index contributed by atoms with van der Waals surface area (Å²) in [5, 5.41) is 11.3. The molecule has 1 amide bonds. The molecule has 1 aliphatic heterocycles. The predicted molar refractivity (Wildman–Crippen MR) is 120 cm³/mol. The molecule has 168 valence electrons. The lowest BCUT2D eigenvalue weighted by molar-refractivity contribution is -0.139. The monoisotopic (exact) mass is 457 g/mol. The smallest absolute Gasteiger partial charge is 0.308 e. The molecule has 1 fully saturated rings. The van der Waals surface area contributed by atoms with Crippen LogP contribution in [-0.2, 0) is 14.4 Å². The van der Waals surface area contributed by atoms with Gasteiger partial charge in [-0.25, -0.2) is 0 Å². The SMILES string of the molecule is CCCCN1C(=O)C(=O)/C(=C(/O)c2ccc(OC)c(Cl)c2)C1c1cccc(OC(C)=O)c1. The zero-order chi connectivity index (χ0) is 23.4. The number of aliphatic hydroxyl groups is 1. The maximum absolute atomic E-state index is 13.0. The Morgan fingerprint density at radius 1 is 1.19 bits per heavy atom. The summed E-state index contributed by atoms with van der Waals surface area (Å²) in [5.41, 5.74) is 0.776. The van der Waals surface area contributed by atoms with Crippen molar-refractivity contribution in [1.29, 1.82) is 0 Å². The van der Waals surface area contributed by atoms with Crippen molar-refractivity contribution in [1.82, 2.24) is 4.90 Å². The molecule has 0 saturated carbocycles. The van der Waals surface area contributed by atoms with E-state index in [1.807, 2.05) is 6.92 Å². The van der Waals surface area contributed by atoms with Crippen LogP contribution in [0.1, 0.15) is 43.9 Å². The number of benzene rings is 2. The molecule has 1 atom stereocenters. The lowest BCUT2D eigenvalue weighted by Crippen LogP contribution is -2.30. The molecule has 32 heavy (non-hydrogen) atoms. The van der Waals surface area contributed by atoms with Gasteiger partial charge in [0.1, 0.15) is 17.3 Å². The number of likely N-dealkylation sites (tertiary alicyclic amines) is 1. The van der Waals surface area contributed by atoms with Gasteiger partial charge in [-0.05, 0) is 42.3 Å². The van der Waals surface area contributed by atoms with Gasteiger partial charge in [-0.2, -0.15) is 0 Å². The first-order valence-electron chi connectivity index (χ1n) is 10.2. The largest absolute Gasteiger partial charge is 0.507 e. The maximum Gasteiger partial charge on any atom is 0.308 e. The minimum atomic E-state index is -0.835. The van der Waals surface area contributed by atoms with E-state index in [9.17, 15) is 19.5 Å². The number of Topliss-reactive ketones (excluding diaryl/α,β-unsaturated/α-hetero) is 1. The fourth-order valence-electron chi connectivity index (χ4n) is 3.67. The molecule has 1 heterocycles. The molecule has 0 aliphatic carbocycles. The molecule has 2 aromatic rings. The fourth-order valence-corrected chi connectivity index (χ4v) is 3.93. The summed E-state index contributed by atoms with van der Waals surface area (Å²) in [7, 11) is 1.47. The predicted octanol–water partition coefficient (Wildman–Crippen LogP) is 4.50. The van der Waals surface area contributed by atoms with Crippen molar-refractivity contribution in [3.63, 3.8) is 0 Å². The highest BCUT2D eigenvalue weighted by molar-refractivity contribution is 6.46. The highest BCUT2D eigenvalue weighted by atomic mass is 35.5. The van der Waals surface area contributed by atoms with Gasteiger partial charge in [0.25, 0.3) is 11.7 Å². The van der Waals surface area contributed by atoms with Crippen LogP contribution in [0.25, 0.3) is 5.76 Å². The summed E-state index contributed by atoms with van der Waals surface area (Å²) in [5.74, 6) is -1.61. The number of ether oxygens (including phenoxy) is 2. The van der Waals surface area contributed by atoms with Crippen molar-refractivity contribution in [2.24, 2.45) is 0 Å². The van der Waals surface area contributed by atoms with E-state index in [-0.39, 0.29) is 27.7 Å². The Balaban J connectivity index is 2.16. The van der Waals surface area contributed by atoms with Gasteiger partial charge in [0.2, 0.25) is 0 Å². The molecule has 2 aromatic carbocycles. The van der Waals surface area contributed by atoms with Gasteiger partial charge in [-0.1, -0.05) is 37.1 Å². The van der Waals surface area contributed by atoms with E-state index in [2.05, 4.69) is 0 Å². The van der Waals surface area contributed by atoms with Gasteiger partial charge >= 0.3 is 5.97 Å². The fraction of sp³-hybridized carbons (Fsp3) is 0.292. The van der Waals surface area contributed by atoms with Crippen molar-refractivity contribution in [3.8, 4) is 11.5 Å². The van der Waals surface area contributed by atoms with E-state index in [1.54, 1.807) is 36.4 Å².